The monoisotopic (exact) mass is 412 g/mol. The molecule has 5 nitrogen and oxygen atoms in total. The highest BCUT2D eigenvalue weighted by molar-refractivity contribution is 7.22. The molecule has 29 heavy (non-hydrogen) atoms. The topological polar surface area (TPSA) is 51.0 Å². The van der Waals surface area contributed by atoms with Crippen LogP contribution < -0.4 is 4.90 Å². The van der Waals surface area contributed by atoms with Crippen LogP contribution >= 0.6 is 11.3 Å². The maximum absolute atomic E-state index is 13.7. The molecular formula is C21H18F2N4OS. The molecule has 0 saturated carbocycles. The van der Waals surface area contributed by atoms with Gasteiger partial charge in [0.15, 0.2) is 16.8 Å². The van der Waals surface area contributed by atoms with E-state index in [2.05, 4.69) is 9.97 Å². The van der Waals surface area contributed by atoms with Crippen molar-refractivity contribution in [2.45, 2.75) is 19.9 Å². The van der Waals surface area contributed by atoms with Crippen molar-refractivity contribution in [3.8, 4) is 0 Å². The number of halogens is 2. The number of fused-ring (bicyclic) bond motifs is 1. The Morgan fingerprint density at radius 3 is 2.79 bits per heavy atom. The van der Waals surface area contributed by atoms with Crippen LogP contribution in [0.3, 0.4) is 0 Å². The summed E-state index contributed by atoms with van der Waals surface area (Å²) in [6.45, 7) is 3.05. The summed E-state index contributed by atoms with van der Waals surface area (Å²) in [4.78, 5) is 23.3. The zero-order valence-corrected chi connectivity index (χ0v) is 16.5. The molecule has 4 aromatic rings. The van der Waals surface area contributed by atoms with E-state index in [4.69, 9.17) is 0 Å². The number of benzene rings is 2. The van der Waals surface area contributed by atoms with E-state index in [1.165, 1.54) is 22.3 Å². The van der Waals surface area contributed by atoms with Gasteiger partial charge < -0.3 is 4.57 Å². The van der Waals surface area contributed by atoms with Gasteiger partial charge in [-0.2, -0.15) is 0 Å². The fourth-order valence-corrected chi connectivity index (χ4v) is 4.12. The average Bonchev–Trinajstić information content (AvgIpc) is 3.36. The smallest absolute Gasteiger partial charge is 0.260 e. The second-order valence-electron chi connectivity index (χ2n) is 6.71. The lowest BCUT2D eigenvalue weighted by molar-refractivity contribution is 0.0985. The van der Waals surface area contributed by atoms with Gasteiger partial charge in [0.05, 0.1) is 16.5 Å². The van der Waals surface area contributed by atoms with Crippen LogP contribution in [-0.4, -0.2) is 27.0 Å². The molecule has 8 heteroatoms. The van der Waals surface area contributed by atoms with E-state index in [1.807, 2.05) is 35.9 Å². The van der Waals surface area contributed by atoms with Gasteiger partial charge in [-0.05, 0) is 49.2 Å². The van der Waals surface area contributed by atoms with Crippen LogP contribution in [0.15, 0.2) is 55.1 Å². The molecule has 0 N–H and O–H groups in total. The molecule has 0 bridgehead atoms. The fraction of sp³-hybridized carbons (Fsp3) is 0.190. The molecule has 0 radical (unpaired) electrons. The number of amides is 1. The quantitative estimate of drug-likeness (QED) is 0.456. The molecule has 0 atom stereocenters. The van der Waals surface area contributed by atoms with Crippen molar-refractivity contribution in [3.05, 3.63) is 77.9 Å². The Morgan fingerprint density at radius 2 is 2.03 bits per heavy atom. The standard InChI is InChI=1S/C21H18F2N4OS/c1-14-3-6-18-19(11-14)29-21(25-18)27(9-2-8-26-10-7-24-13-26)20(28)15-4-5-16(22)17(23)12-15/h3-7,10-13H,2,8-9H2,1H3. The fourth-order valence-electron chi connectivity index (χ4n) is 3.03. The molecule has 0 aliphatic rings. The number of rotatable bonds is 6. The average molecular weight is 412 g/mol. The predicted octanol–water partition coefficient (Wildman–Crippen LogP) is 4.82. The zero-order chi connectivity index (χ0) is 20.4. The third-order valence-corrected chi connectivity index (χ3v) is 5.57. The lowest BCUT2D eigenvalue weighted by atomic mass is 10.2. The number of carbonyl (C=O) groups is 1. The van der Waals surface area contributed by atoms with Gasteiger partial charge >= 0.3 is 0 Å². The van der Waals surface area contributed by atoms with Gasteiger partial charge in [0.2, 0.25) is 0 Å². The van der Waals surface area contributed by atoms with Crippen molar-refractivity contribution < 1.29 is 13.6 Å². The van der Waals surface area contributed by atoms with Gasteiger partial charge in [-0.3, -0.25) is 9.69 Å². The number of thiazole rings is 1. The van der Waals surface area contributed by atoms with Gasteiger partial charge in [0.1, 0.15) is 0 Å². The first-order chi connectivity index (χ1) is 14.0. The minimum Gasteiger partial charge on any atom is -0.337 e. The van der Waals surface area contributed by atoms with Crippen molar-refractivity contribution in [1.29, 1.82) is 0 Å². The van der Waals surface area contributed by atoms with Crippen LogP contribution in [-0.2, 0) is 6.54 Å². The number of aromatic nitrogens is 3. The highest BCUT2D eigenvalue weighted by atomic mass is 32.1. The molecule has 4 rings (SSSR count). The maximum Gasteiger partial charge on any atom is 0.260 e. The first kappa shape index (κ1) is 19.2. The van der Waals surface area contributed by atoms with E-state index < -0.39 is 17.5 Å². The molecule has 0 saturated heterocycles. The third kappa shape index (κ3) is 4.17. The minimum atomic E-state index is -1.05. The summed E-state index contributed by atoms with van der Waals surface area (Å²) in [6, 6.07) is 9.08. The zero-order valence-electron chi connectivity index (χ0n) is 15.7. The summed E-state index contributed by atoms with van der Waals surface area (Å²) < 4.78 is 29.9. The largest absolute Gasteiger partial charge is 0.337 e. The predicted molar refractivity (Wildman–Crippen MR) is 109 cm³/mol. The maximum atomic E-state index is 13.7. The van der Waals surface area contributed by atoms with E-state index in [1.54, 1.807) is 12.5 Å². The van der Waals surface area contributed by atoms with Gasteiger partial charge in [0.25, 0.3) is 5.91 Å². The molecular weight excluding hydrogens is 394 g/mol. The lowest BCUT2D eigenvalue weighted by Gasteiger charge is -2.20. The van der Waals surface area contributed by atoms with Gasteiger partial charge in [-0.25, -0.2) is 18.7 Å². The van der Waals surface area contributed by atoms with E-state index in [0.29, 0.717) is 24.6 Å². The molecule has 0 aliphatic heterocycles. The second-order valence-corrected chi connectivity index (χ2v) is 7.72. The van der Waals surface area contributed by atoms with Crippen molar-refractivity contribution in [1.82, 2.24) is 14.5 Å². The summed E-state index contributed by atoms with van der Waals surface area (Å²) >= 11 is 1.40. The van der Waals surface area contributed by atoms with E-state index >= 15 is 0 Å². The number of hydrogen-bond acceptors (Lipinski definition) is 4. The highest BCUT2D eigenvalue weighted by Gasteiger charge is 2.22. The SMILES string of the molecule is Cc1ccc2nc(N(CCCn3ccnc3)C(=O)c3ccc(F)c(F)c3)sc2c1. The molecule has 1 amide bonds. The molecule has 148 valence electrons. The Bertz CT molecular complexity index is 1160. The second kappa shape index (κ2) is 8.08. The number of carbonyl (C=O) groups excluding carboxylic acids is 1. The molecule has 0 spiro atoms. The summed E-state index contributed by atoms with van der Waals surface area (Å²) in [6.07, 6.45) is 5.91. The minimum absolute atomic E-state index is 0.0852. The van der Waals surface area contributed by atoms with Crippen LogP contribution in [0.2, 0.25) is 0 Å². The van der Waals surface area contributed by atoms with Crippen LogP contribution in [0.25, 0.3) is 10.2 Å². The van der Waals surface area contributed by atoms with Crippen LogP contribution in [0, 0.1) is 18.6 Å². The summed E-state index contributed by atoms with van der Waals surface area (Å²) in [5.74, 6) is -2.44. The van der Waals surface area contributed by atoms with Crippen molar-refractivity contribution >= 4 is 32.6 Å². The Balaban J connectivity index is 1.64. The molecule has 0 aliphatic carbocycles. The summed E-state index contributed by atoms with van der Waals surface area (Å²) in [5, 5.41) is 0.533. The van der Waals surface area contributed by atoms with Crippen LogP contribution in [0.4, 0.5) is 13.9 Å². The van der Waals surface area contributed by atoms with Crippen molar-refractivity contribution in [2.75, 3.05) is 11.4 Å². The summed E-state index contributed by atoms with van der Waals surface area (Å²) in [5.41, 5.74) is 1.99. The van der Waals surface area contributed by atoms with Gasteiger partial charge in [0, 0.05) is 31.0 Å². The first-order valence-corrected chi connectivity index (χ1v) is 9.93. The van der Waals surface area contributed by atoms with E-state index in [9.17, 15) is 13.6 Å². The van der Waals surface area contributed by atoms with E-state index in [0.717, 1.165) is 27.9 Å². The number of anilines is 1. The Kier molecular flexibility index (Phi) is 5.35. The van der Waals surface area contributed by atoms with Gasteiger partial charge in [-0.1, -0.05) is 17.4 Å². The Morgan fingerprint density at radius 1 is 1.17 bits per heavy atom. The van der Waals surface area contributed by atoms with Crippen LogP contribution in [0.1, 0.15) is 22.3 Å². The summed E-state index contributed by atoms with van der Waals surface area (Å²) in [7, 11) is 0. The Hall–Kier alpha value is -3.13. The van der Waals surface area contributed by atoms with E-state index in [-0.39, 0.29) is 5.56 Å². The molecule has 0 fully saturated rings. The number of hydrogen-bond donors (Lipinski definition) is 0. The lowest BCUT2D eigenvalue weighted by Crippen LogP contribution is -2.32. The number of aryl methyl sites for hydroxylation is 2. The van der Waals surface area contributed by atoms with Crippen LogP contribution in [0.5, 0.6) is 0 Å². The number of imidazole rings is 1. The number of nitrogens with zero attached hydrogens (tertiary/aromatic N) is 4. The van der Waals surface area contributed by atoms with Gasteiger partial charge in [-0.15, -0.1) is 0 Å². The highest BCUT2D eigenvalue weighted by Crippen LogP contribution is 2.30. The van der Waals surface area contributed by atoms with Crippen molar-refractivity contribution in [3.63, 3.8) is 0 Å². The normalized spacial score (nSPS) is 11.1. The van der Waals surface area contributed by atoms with Crippen molar-refractivity contribution in [2.24, 2.45) is 0 Å². The third-order valence-electron chi connectivity index (χ3n) is 4.53. The molecule has 2 aromatic heterocycles. The first-order valence-electron chi connectivity index (χ1n) is 9.11. The molecule has 2 aromatic carbocycles. The molecule has 0 unspecified atom stereocenters. The molecule has 2 heterocycles. The Labute approximate surface area is 170 Å².